The van der Waals surface area contributed by atoms with E-state index >= 15 is 0 Å². The van der Waals surface area contributed by atoms with Crippen LogP contribution in [0.1, 0.15) is 23.1 Å². The van der Waals surface area contributed by atoms with Gasteiger partial charge in [0.25, 0.3) is 0 Å². The molecule has 1 atom stereocenters. The van der Waals surface area contributed by atoms with Crippen molar-refractivity contribution in [2.24, 2.45) is 0 Å². The molecule has 1 aliphatic heterocycles. The molecule has 0 saturated carbocycles. The number of nitrogens with zero attached hydrogens (tertiary/aromatic N) is 1. The van der Waals surface area contributed by atoms with Gasteiger partial charge in [-0.3, -0.25) is 0 Å². The smallest absolute Gasteiger partial charge is 0.354 e. The first-order valence-electron chi connectivity index (χ1n) is 6.08. The third-order valence-corrected chi connectivity index (χ3v) is 2.94. The quantitative estimate of drug-likeness (QED) is 0.752. The zero-order valence-corrected chi connectivity index (χ0v) is 10.9. The van der Waals surface area contributed by atoms with Gasteiger partial charge in [-0.05, 0) is 19.9 Å². The summed E-state index contributed by atoms with van der Waals surface area (Å²) in [6.45, 7) is 5.12. The molecule has 0 spiro atoms. The number of morpholine rings is 1. The van der Waals surface area contributed by atoms with Crippen LogP contribution in [0.4, 0.5) is 10.5 Å². The largest absolute Gasteiger partial charge is 0.477 e. The molecule has 0 radical (unpaired) electrons. The molecule has 1 fully saturated rings. The van der Waals surface area contributed by atoms with Crippen LogP contribution in [-0.4, -0.2) is 52.8 Å². The van der Waals surface area contributed by atoms with E-state index in [9.17, 15) is 9.59 Å². The lowest BCUT2D eigenvalue weighted by Crippen LogP contribution is -2.46. The summed E-state index contributed by atoms with van der Waals surface area (Å²) in [5, 5.41) is 11.7. The molecule has 1 saturated heterocycles. The number of ether oxygens (including phenoxy) is 1. The fourth-order valence-corrected chi connectivity index (χ4v) is 2.05. The molecule has 0 aliphatic carbocycles. The number of carbonyl (C=O) groups excluding carboxylic acids is 1. The number of H-pyrrole nitrogens is 1. The average Bonchev–Trinajstić information content (AvgIpc) is 2.70. The van der Waals surface area contributed by atoms with Crippen LogP contribution in [0.3, 0.4) is 0 Å². The molecule has 1 aliphatic rings. The molecular weight excluding hydrogens is 250 g/mol. The number of aromatic amines is 1. The van der Waals surface area contributed by atoms with E-state index in [1.807, 2.05) is 6.92 Å². The standard InChI is InChI=1S/C12H17N3O4/c1-7-5-9(10(13-7)11(16)17)14-12(18)15-3-4-19-8(2)6-15/h5,8,13H,3-4,6H2,1-2H3,(H,14,18)(H,16,17). The van der Waals surface area contributed by atoms with E-state index in [1.54, 1.807) is 17.9 Å². The molecule has 3 N–H and O–H groups in total. The lowest BCUT2D eigenvalue weighted by molar-refractivity contribution is -0.00139. The summed E-state index contributed by atoms with van der Waals surface area (Å²) in [4.78, 5) is 27.4. The number of aromatic carboxylic acids is 1. The molecule has 1 aromatic heterocycles. The van der Waals surface area contributed by atoms with Crippen LogP contribution in [-0.2, 0) is 4.74 Å². The fraction of sp³-hybridized carbons (Fsp3) is 0.500. The fourth-order valence-electron chi connectivity index (χ4n) is 2.05. The van der Waals surface area contributed by atoms with Crippen LogP contribution >= 0.6 is 0 Å². The number of carbonyl (C=O) groups is 2. The van der Waals surface area contributed by atoms with Gasteiger partial charge in [-0.2, -0.15) is 0 Å². The van der Waals surface area contributed by atoms with Crippen LogP contribution in [0, 0.1) is 6.92 Å². The Morgan fingerprint density at radius 1 is 1.58 bits per heavy atom. The first kappa shape index (κ1) is 13.4. The minimum Gasteiger partial charge on any atom is -0.477 e. The van der Waals surface area contributed by atoms with Crippen molar-refractivity contribution in [1.29, 1.82) is 0 Å². The molecule has 7 nitrogen and oxygen atoms in total. The van der Waals surface area contributed by atoms with Crippen LogP contribution in [0.15, 0.2) is 6.07 Å². The molecule has 2 heterocycles. The summed E-state index contributed by atoms with van der Waals surface area (Å²) >= 11 is 0. The van der Waals surface area contributed by atoms with Crippen molar-refractivity contribution in [2.45, 2.75) is 20.0 Å². The second-order valence-electron chi connectivity index (χ2n) is 4.60. The first-order valence-corrected chi connectivity index (χ1v) is 6.08. The van der Waals surface area contributed by atoms with E-state index in [4.69, 9.17) is 9.84 Å². The van der Waals surface area contributed by atoms with E-state index in [-0.39, 0.29) is 23.5 Å². The third kappa shape index (κ3) is 3.05. The maximum atomic E-state index is 12.0. The summed E-state index contributed by atoms with van der Waals surface area (Å²) in [5.74, 6) is -1.10. The predicted octanol–water partition coefficient (Wildman–Crippen LogP) is 1.27. The van der Waals surface area contributed by atoms with Gasteiger partial charge >= 0.3 is 12.0 Å². The van der Waals surface area contributed by atoms with Crippen LogP contribution < -0.4 is 5.32 Å². The molecule has 2 rings (SSSR count). The van der Waals surface area contributed by atoms with Crippen molar-refractivity contribution < 1.29 is 19.4 Å². The SMILES string of the molecule is Cc1cc(NC(=O)N2CCOC(C)C2)c(C(=O)O)[nH]1. The highest BCUT2D eigenvalue weighted by molar-refractivity contribution is 5.99. The van der Waals surface area contributed by atoms with E-state index < -0.39 is 5.97 Å². The van der Waals surface area contributed by atoms with Gasteiger partial charge < -0.3 is 25.0 Å². The van der Waals surface area contributed by atoms with Gasteiger partial charge in [0.05, 0.1) is 18.4 Å². The van der Waals surface area contributed by atoms with Gasteiger partial charge in [-0.1, -0.05) is 0 Å². The summed E-state index contributed by atoms with van der Waals surface area (Å²) in [7, 11) is 0. The van der Waals surface area contributed by atoms with Crippen LogP contribution in [0.25, 0.3) is 0 Å². The van der Waals surface area contributed by atoms with Gasteiger partial charge in [0.15, 0.2) is 0 Å². The van der Waals surface area contributed by atoms with Gasteiger partial charge in [0.1, 0.15) is 5.69 Å². The number of amides is 2. The van der Waals surface area contributed by atoms with Crippen molar-refractivity contribution >= 4 is 17.7 Å². The molecule has 1 unspecified atom stereocenters. The number of urea groups is 1. The highest BCUT2D eigenvalue weighted by Gasteiger charge is 2.23. The third-order valence-electron chi connectivity index (χ3n) is 2.94. The normalized spacial score (nSPS) is 19.3. The Bertz CT molecular complexity index is 497. The Hall–Kier alpha value is -2.02. The van der Waals surface area contributed by atoms with Crippen molar-refractivity contribution in [3.05, 3.63) is 17.5 Å². The Morgan fingerprint density at radius 2 is 2.32 bits per heavy atom. The monoisotopic (exact) mass is 267 g/mol. The zero-order chi connectivity index (χ0) is 14.0. The van der Waals surface area contributed by atoms with Gasteiger partial charge in [0.2, 0.25) is 0 Å². The van der Waals surface area contributed by atoms with Gasteiger partial charge in [-0.15, -0.1) is 0 Å². The average molecular weight is 267 g/mol. The van der Waals surface area contributed by atoms with Crippen molar-refractivity contribution in [2.75, 3.05) is 25.0 Å². The summed E-state index contributed by atoms with van der Waals surface area (Å²) in [6.07, 6.45) is -0.00796. The minimum atomic E-state index is -1.10. The molecule has 0 aromatic carbocycles. The van der Waals surface area contributed by atoms with Gasteiger partial charge in [0, 0.05) is 18.8 Å². The summed E-state index contributed by atoms with van der Waals surface area (Å²) in [6, 6.07) is 1.29. The number of carboxylic acid groups (broad SMARTS) is 1. The van der Waals surface area contributed by atoms with Crippen molar-refractivity contribution in [3.8, 4) is 0 Å². The molecular formula is C12H17N3O4. The highest BCUT2D eigenvalue weighted by Crippen LogP contribution is 2.18. The molecule has 7 heteroatoms. The maximum absolute atomic E-state index is 12.0. The molecule has 1 aromatic rings. The Kier molecular flexibility index (Phi) is 3.75. The number of aryl methyl sites for hydroxylation is 1. The lowest BCUT2D eigenvalue weighted by atomic mass is 10.3. The number of rotatable bonds is 2. The number of hydrogen-bond acceptors (Lipinski definition) is 3. The molecule has 0 bridgehead atoms. The topological polar surface area (TPSA) is 94.7 Å². The number of aromatic nitrogens is 1. The minimum absolute atomic E-state index is 0.00726. The second kappa shape index (κ2) is 5.31. The van der Waals surface area contributed by atoms with Crippen LogP contribution in [0.5, 0.6) is 0 Å². The molecule has 19 heavy (non-hydrogen) atoms. The van der Waals surface area contributed by atoms with E-state index in [0.717, 1.165) is 0 Å². The summed E-state index contributed by atoms with van der Waals surface area (Å²) in [5.41, 5.74) is 0.962. The number of hydrogen-bond donors (Lipinski definition) is 3. The maximum Gasteiger partial charge on any atom is 0.354 e. The van der Waals surface area contributed by atoms with E-state index in [0.29, 0.717) is 25.4 Å². The Labute approximate surface area is 110 Å². The van der Waals surface area contributed by atoms with Crippen LogP contribution in [0.2, 0.25) is 0 Å². The number of carboxylic acids is 1. The lowest BCUT2D eigenvalue weighted by Gasteiger charge is -2.31. The predicted molar refractivity (Wildman–Crippen MR) is 68.5 cm³/mol. The van der Waals surface area contributed by atoms with E-state index in [1.165, 1.54) is 0 Å². The number of anilines is 1. The highest BCUT2D eigenvalue weighted by atomic mass is 16.5. The second-order valence-corrected chi connectivity index (χ2v) is 4.60. The molecule has 2 amide bonds. The van der Waals surface area contributed by atoms with Crippen molar-refractivity contribution in [1.82, 2.24) is 9.88 Å². The van der Waals surface area contributed by atoms with Crippen molar-refractivity contribution in [3.63, 3.8) is 0 Å². The first-order chi connectivity index (χ1) is 8.97. The Balaban J connectivity index is 2.08. The van der Waals surface area contributed by atoms with Gasteiger partial charge in [-0.25, -0.2) is 9.59 Å². The zero-order valence-electron chi connectivity index (χ0n) is 10.9. The summed E-state index contributed by atoms with van der Waals surface area (Å²) < 4.78 is 5.35. The van der Waals surface area contributed by atoms with E-state index in [2.05, 4.69) is 10.3 Å². The Morgan fingerprint density at radius 3 is 2.95 bits per heavy atom. The number of nitrogens with one attached hydrogen (secondary N) is 2. The molecule has 104 valence electrons.